The topological polar surface area (TPSA) is 43.3 Å². The SMILES string of the molecule is C=C(CCCCCCC)CC1CON=C(C2(CCOC)CCN(C)C2)O1. The molecule has 26 heavy (non-hydrogen) atoms. The molecule has 0 N–H and O–H groups in total. The Kier molecular flexibility index (Phi) is 8.93. The highest BCUT2D eigenvalue weighted by Gasteiger charge is 2.45. The van der Waals surface area contributed by atoms with E-state index in [4.69, 9.17) is 14.3 Å². The molecule has 2 heterocycles. The summed E-state index contributed by atoms with van der Waals surface area (Å²) in [4.78, 5) is 7.90. The molecular formula is C21H38N2O3. The molecule has 0 amide bonds. The largest absolute Gasteiger partial charge is 0.471 e. The molecule has 1 fully saturated rings. The first kappa shape index (κ1) is 21.2. The van der Waals surface area contributed by atoms with E-state index in [1.165, 1.54) is 37.7 Å². The van der Waals surface area contributed by atoms with Crippen LogP contribution in [-0.2, 0) is 14.3 Å². The molecule has 0 aromatic rings. The van der Waals surface area contributed by atoms with Crippen molar-refractivity contribution in [3.05, 3.63) is 12.2 Å². The molecule has 0 saturated carbocycles. The Morgan fingerprint density at radius 2 is 2.15 bits per heavy atom. The van der Waals surface area contributed by atoms with Gasteiger partial charge in [-0.2, -0.15) is 0 Å². The van der Waals surface area contributed by atoms with E-state index in [2.05, 4.69) is 30.6 Å². The van der Waals surface area contributed by atoms with Gasteiger partial charge in [-0.1, -0.05) is 49.9 Å². The van der Waals surface area contributed by atoms with E-state index >= 15 is 0 Å². The molecule has 0 radical (unpaired) electrons. The highest BCUT2D eigenvalue weighted by Crippen LogP contribution is 2.37. The van der Waals surface area contributed by atoms with Gasteiger partial charge in [-0.25, -0.2) is 0 Å². The lowest BCUT2D eigenvalue weighted by molar-refractivity contribution is -0.00666. The number of nitrogens with zero attached hydrogens (tertiary/aromatic N) is 2. The highest BCUT2D eigenvalue weighted by molar-refractivity contribution is 5.83. The number of hydrogen-bond acceptors (Lipinski definition) is 5. The molecule has 2 aliphatic rings. The average molecular weight is 367 g/mol. The zero-order chi connectivity index (χ0) is 18.8. The molecule has 0 spiro atoms. The highest BCUT2D eigenvalue weighted by atomic mass is 16.7. The van der Waals surface area contributed by atoms with Crippen LogP contribution in [0, 0.1) is 5.41 Å². The van der Waals surface area contributed by atoms with E-state index in [9.17, 15) is 0 Å². The van der Waals surface area contributed by atoms with E-state index in [-0.39, 0.29) is 11.5 Å². The van der Waals surface area contributed by atoms with Gasteiger partial charge in [0.15, 0.2) is 6.61 Å². The normalized spacial score (nSPS) is 26.3. The molecule has 0 aliphatic carbocycles. The fraction of sp³-hybridized carbons (Fsp3) is 0.857. The van der Waals surface area contributed by atoms with Crippen LogP contribution < -0.4 is 0 Å². The summed E-state index contributed by atoms with van der Waals surface area (Å²) in [5, 5.41) is 4.31. The lowest BCUT2D eigenvalue weighted by atomic mass is 9.83. The Bertz CT molecular complexity index is 466. The second-order valence-electron chi connectivity index (χ2n) is 8.06. The first-order chi connectivity index (χ1) is 12.6. The summed E-state index contributed by atoms with van der Waals surface area (Å²) >= 11 is 0. The molecule has 2 unspecified atom stereocenters. The van der Waals surface area contributed by atoms with Crippen LogP contribution in [0.5, 0.6) is 0 Å². The molecule has 1 saturated heterocycles. The number of unbranched alkanes of at least 4 members (excludes halogenated alkanes) is 4. The average Bonchev–Trinajstić information content (AvgIpc) is 3.02. The van der Waals surface area contributed by atoms with Crippen molar-refractivity contribution >= 4 is 5.90 Å². The number of oxime groups is 1. The lowest BCUT2D eigenvalue weighted by Crippen LogP contribution is -2.42. The smallest absolute Gasteiger partial charge is 0.233 e. The molecular weight excluding hydrogens is 328 g/mol. The van der Waals surface area contributed by atoms with E-state index < -0.39 is 0 Å². The van der Waals surface area contributed by atoms with E-state index in [0.29, 0.717) is 13.2 Å². The maximum Gasteiger partial charge on any atom is 0.233 e. The third-order valence-corrected chi connectivity index (χ3v) is 5.62. The number of ether oxygens (including phenoxy) is 2. The molecule has 2 atom stereocenters. The number of hydrogen-bond donors (Lipinski definition) is 0. The predicted molar refractivity (Wildman–Crippen MR) is 106 cm³/mol. The van der Waals surface area contributed by atoms with E-state index in [0.717, 1.165) is 44.7 Å². The summed E-state index contributed by atoms with van der Waals surface area (Å²) in [6.07, 6.45) is 10.4. The number of likely N-dealkylation sites (tertiary alicyclic amines) is 1. The minimum absolute atomic E-state index is 0.0379. The lowest BCUT2D eigenvalue weighted by Gasteiger charge is -2.34. The quantitative estimate of drug-likeness (QED) is 0.380. The van der Waals surface area contributed by atoms with Crippen molar-refractivity contribution in [2.75, 3.05) is 40.5 Å². The molecule has 2 rings (SSSR count). The van der Waals surface area contributed by atoms with Gasteiger partial charge in [0.25, 0.3) is 0 Å². The first-order valence-corrected chi connectivity index (χ1v) is 10.3. The minimum Gasteiger partial charge on any atom is -0.471 e. The monoisotopic (exact) mass is 366 g/mol. The van der Waals surface area contributed by atoms with Crippen LogP contribution >= 0.6 is 0 Å². The van der Waals surface area contributed by atoms with Crippen molar-refractivity contribution in [3.63, 3.8) is 0 Å². The van der Waals surface area contributed by atoms with Crippen LogP contribution in [-0.4, -0.2) is 57.4 Å². The third-order valence-electron chi connectivity index (χ3n) is 5.62. The summed E-state index contributed by atoms with van der Waals surface area (Å²) in [5.41, 5.74) is 1.19. The van der Waals surface area contributed by atoms with Gasteiger partial charge in [0.05, 0.1) is 5.41 Å². The molecule has 0 aromatic carbocycles. The van der Waals surface area contributed by atoms with Gasteiger partial charge in [-0.15, -0.1) is 0 Å². The second kappa shape index (κ2) is 10.9. The van der Waals surface area contributed by atoms with Crippen molar-refractivity contribution < 1.29 is 14.3 Å². The predicted octanol–water partition coefficient (Wildman–Crippen LogP) is 4.38. The minimum atomic E-state index is -0.0785. The maximum absolute atomic E-state index is 6.32. The molecule has 0 bridgehead atoms. The Morgan fingerprint density at radius 3 is 2.85 bits per heavy atom. The van der Waals surface area contributed by atoms with Gasteiger partial charge in [0.2, 0.25) is 5.90 Å². The Balaban J connectivity index is 1.83. The van der Waals surface area contributed by atoms with Gasteiger partial charge in [-0.05, 0) is 39.3 Å². The summed E-state index contributed by atoms with van der Waals surface area (Å²) in [5.74, 6) is 0.769. The summed E-state index contributed by atoms with van der Waals surface area (Å²) in [6.45, 7) is 9.76. The van der Waals surface area contributed by atoms with Gasteiger partial charge in [0, 0.05) is 26.7 Å². The Hall–Kier alpha value is -1.07. The van der Waals surface area contributed by atoms with Gasteiger partial charge < -0.3 is 19.2 Å². The number of methoxy groups -OCH3 is 1. The van der Waals surface area contributed by atoms with Gasteiger partial charge in [-0.3, -0.25) is 0 Å². The van der Waals surface area contributed by atoms with Crippen LogP contribution in [0.15, 0.2) is 17.3 Å². The third kappa shape index (κ3) is 6.27. The van der Waals surface area contributed by atoms with Gasteiger partial charge in [0.1, 0.15) is 6.10 Å². The maximum atomic E-state index is 6.32. The van der Waals surface area contributed by atoms with Crippen molar-refractivity contribution in [3.8, 4) is 0 Å². The molecule has 0 aromatic heterocycles. The van der Waals surface area contributed by atoms with Gasteiger partial charge >= 0.3 is 0 Å². The fourth-order valence-electron chi connectivity index (χ4n) is 3.98. The van der Waals surface area contributed by atoms with Crippen LogP contribution in [0.25, 0.3) is 0 Å². The van der Waals surface area contributed by atoms with Crippen LogP contribution in [0.4, 0.5) is 0 Å². The Labute approximate surface area is 159 Å². The van der Waals surface area contributed by atoms with Crippen molar-refractivity contribution in [2.24, 2.45) is 10.6 Å². The van der Waals surface area contributed by atoms with Crippen LogP contribution in [0.1, 0.15) is 64.7 Å². The number of rotatable bonds is 12. The summed E-state index contributed by atoms with van der Waals surface area (Å²) in [7, 11) is 3.90. The Morgan fingerprint density at radius 1 is 1.35 bits per heavy atom. The van der Waals surface area contributed by atoms with Crippen LogP contribution in [0.3, 0.4) is 0 Å². The molecule has 150 valence electrons. The molecule has 2 aliphatic heterocycles. The summed E-state index contributed by atoms with van der Waals surface area (Å²) in [6, 6.07) is 0. The van der Waals surface area contributed by atoms with E-state index in [1.807, 2.05) is 0 Å². The van der Waals surface area contributed by atoms with Crippen molar-refractivity contribution in [1.82, 2.24) is 4.90 Å². The fourth-order valence-corrected chi connectivity index (χ4v) is 3.98. The van der Waals surface area contributed by atoms with Crippen LogP contribution in [0.2, 0.25) is 0 Å². The zero-order valence-corrected chi connectivity index (χ0v) is 17.1. The second-order valence-corrected chi connectivity index (χ2v) is 8.06. The molecule has 5 heteroatoms. The summed E-state index contributed by atoms with van der Waals surface area (Å²) < 4.78 is 11.7. The standard InChI is InChI=1S/C21H38N2O3/c1-5-6-7-8-9-10-18(2)15-19-16-25-22-20(26-19)21(12-14-24-4)11-13-23(3)17-21/h19H,2,5-17H2,1,3-4H3. The van der Waals surface area contributed by atoms with Crippen molar-refractivity contribution in [2.45, 2.75) is 70.8 Å². The van der Waals surface area contributed by atoms with Crippen molar-refractivity contribution in [1.29, 1.82) is 0 Å². The zero-order valence-electron chi connectivity index (χ0n) is 17.1. The first-order valence-electron chi connectivity index (χ1n) is 10.3. The van der Waals surface area contributed by atoms with E-state index in [1.54, 1.807) is 7.11 Å². The molecule has 5 nitrogen and oxygen atoms in total.